The molecule has 0 aromatic heterocycles. The van der Waals surface area contributed by atoms with Crippen LogP contribution in [0.5, 0.6) is 0 Å². The molecule has 0 heterocycles. The third kappa shape index (κ3) is 4.55. The van der Waals surface area contributed by atoms with E-state index in [-0.39, 0.29) is 24.0 Å². The van der Waals surface area contributed by atoms with Crippen molar-refractivity contribution in [3.8, 4) is 0 Å². The van der Waals surface area contributed by atoms with Crippen LogP contribution in [0, 0.1) is 0 Å². The third-order valence-corrected chi connectivity index (χ3v) is 5.08. The van der Waals surface area contributed by atoms with Crippen LogP contribution < -0.4 is 4.72 Å². The zero-order chi connectivity index (χ0) is 16.0. The number of hydrogen-bond donors (Lipinski definition) is 2. The number of benzene rings is 2. The molecule has 0 aliphatic carbocycles. The lowest BCUT2D eigenvalue weighted by Gasteiger charge is -2.17. The Hall–Kier alpha value is -1.40. The highest BCUT2D eigenvalue weighted by molar-refractivity contribution is 7.89. The molecule has 2 aromatic carbocycles. The van der Waals surface area contributed by atoms with Gasteiger partial charge >= 0.3 is 0 Å². The second kappa shape index (κ2) is 7.74. The predicted molar refractivity (Wildman–Crippen MR) is 87.5 cm³/mol. The van der Waals surface area contributed by atoms with Crippen molar-refractivity contribution in [3.05, 3.63) is 65.2 Å². The molecule has 0 fully saturated rings. The van der Waals surface area contributed by atoms with Crippen LogP contribution in [-0.4, -0.2) is 26.7 Å². The summed E-state index contributed by atoms with van der Waals surface area (Å²) in [5.41, 5.74) is 0.996. The van der Waals surface area contributed by atoms with Crippen LogP contribution in [0.15, 0.2) is 59.5 Å². The Labute approximate surface area is 135 Å². The fourth-order valence-corrected chi connectivity index (χ4v) is 3.38. The normalized spacial score (nSPS) is 13.0. The minimum Gasteiger partial charge on any atom is -0.396 e. The summed E-state index contributed by atoms with van der Waals surface area (Å²) in [6.07, 6.45) is 0.493. The van der Waals surface area contributed by atoms with E-state index in [1.165, 1.54) is 12.1 Å². The van der Waals surface area contributed by atoms with Crippen LogP contribution >= 0.6 is 11.6 Å². The summed E-state index contributed by atoms with van der Waals surface area (Å²) in [4.78, 5) is 0.174. The van der Waals surface area contributed by atoms with Gasteiger partial charge in [0.2, 0.25) is 10.0 Å². The first-order valence-electron chi connectivity index (χ1n) is 6.94. The molecular formula is C16H18ClNO3S. The topological polar surface area (TPSA) is 66.4 Å². The number of sulfonamides is 1. The van der Waals surface area contributed by atoms with Gasteiger partial charge in [0, 0.05) is 18.2 Å². The summed E-state index contributed by atoms with van der Waals surface area (Å²) in [6, 6.07) is 15.6. The van der Waals surface area contributed by atoms with Gasteiger partial charge in [0.1, 0.15) is 0 Å². The zero-order valence-electron chi connectivity index (χ0n) is 11.9. The van der Waals surface area contributed by atoms with Crippen LogP contribution in [0.4, 0.5) is 0 Å². The van der Waals surface area contributed by atoms with Crippen molar-refractivity contribution in [1.29, 1.82) is 0 Å². The van der Waals surface area contributed by atoms with E-state index >= 15 is 0 Å². The summed E-state index contributed by atoms with van der Waals surface area (Å²) in [6.45, 7) is 0.234. The lowest BCUT2D eigenvalue weighted by Crippen LogP contribution is -2.29. The Morgan fingerprint density at radius 2 is 1.68 bits per heavy atom. The molecule has 0 saturated heterocycles. The average Bonchev–Trinajstić information content (AvgIpc) is 2.53. The van der Waals surface area contributed by atoms with E-state index in [9.17, 15) is 13.5 Å². The highest BCUT2D eigenvalue weighted by atomic mass is 35.5. The monoisotopic (exact) mass is 339 g/mol. The molecule has 118 valence electrons. The number of aliphatic hydroxyl groups excluding tert-OH is 1. The van der Waals surface area contributed by atoms with Crippen molar-refractivity contribution >= 4 is 21.6 Å². The lowest BCUT2D eigenvalue weighted by molar-refractivity contribution is 0.275. The quantitative estimate of drug-likeness (QED) is 0.815. The van der Waals surface area contributed by atoms with E-state index in [1.54, 1.807) is 12.1 Å². The summed E-state index contributed by atoms with van der Waals surface area (Å²) in [5, 5.41) is 9.67. The summed E-state index contributed by atoms with van der Waals surface area (Å²) in [5.74, 6) is -0.0757. The number of nitrogens with one attached hydrogen (secondary N) is 1. The Morgan fingerprint density at radius 1 is 1.05 bits per heavy atom. The molecule has 4 nitrogen and oxygen atoms in total. The SMILES string of the molecule is O=S(=O)(NC[C@@H](CCO)c1ccccc1)c1ccc(Cl)cc1. The molecule has 0 radical (unpaired) electrons. The van der Waals surface area contributed by atoms with Crippen LogP contribution in [-0.2, 0) is 10.0 Å². The maximum atomic E-state index is 12.3. The standard InChI is InChI=1S/C16H18ClNO3S/c17-15-6-8-16(9-7-15)22(20,21)18-12-14(10-11-19)13-4-2-1-3-5-13/h1-9,14,18-19H,10-12H2/t14-/m1/s1. The highest BCUT2D eigenvalue weighted by Crippen LogP contribution is 2.20. The van der Waals surface area contributed by atoms with E-state index in [0.29, 0.717) is 11.4 Å². The van der Waals surface area contributed by atoms with E-state index in [0.717, 1.165) is 5.56 Å². The molecule has 0 aliphatic rings. The smallest absolute Gasteiger partial charge is 0.240 e. The Bertz CT molecular complexity index is 687. The van der Waals surface area contributed by atoms with Gasteiger partial charge in [0.15, 0.2) is 0 Å². The third-order valence-electron chi connectivity index (χ3n) is 3.39. The van der Waals surface area contributed by atoms with Gasteiger partial charge in [-0.05, 0) is 42.2 Å². The first-order valence-corrected chi connectivity index (χ1v) is 8.80. The van der Waals surface area contributed by atoms with Gasteiger partial charge < -0.3 is 5.11 Å². The lowest BCUT2D eigenvalue weighted by atomic mass is 9.96. The molecule has 2 N–H and O–H groups in total. The number of aliphatic hydroxyl groups is 1. The molecule has 0 saturated carbocycles. The molecule has 0 aliphatic heterocycles. The van der Waals surface area contributed by atoms with E-state index in [4.69, 9.17) is 11.6 Å². The van der Waals surface area contributed by atoms with Gasteiger partial charge in [0.05, 0.1) is 4.90 Å². The number of halogens is 1. The fourth-order valence-electron chi connectivity index (χ4n) is 2.18. The van der Waals surface area contributed by atoms with Crippen molar-refractivity contribution < 1.29 is 13.5 Å². The molecular weight excluding hydrogens is 322 g/mol. The van der Waals surface area contributed by atoms with Crippen molar-refractivity contribution in [2.24, 2.45) is 0 Å². The number of rotatable bonds is 7. The predicted octanol–water partition coefficient (Wildman–Crippen LogP) is 2.78. The van der Waals surface area contributed by atoms with Crippen molar-refractivity contribution in [2.45, 2.75) is 17.2 Å². The van der Waals surface area contributed by atoms with Gasteiger partial charge in [0.25, 0.3) is 0 Å². The molecule has 0 bridgehead atoms. The summed E-state index contributed by atoms with van der Waals surface area (Å²) < 4.78 is 27.1. The minimum absolute atomic E-state index is 0.00222. The average molecular weight is 340 g/mol. The van der Waals surface area contributed by atoms with Crippen molar-refractivity contribution in [3.63, 3.8) is 0 Å². The maximum Gasteiger partial charge on any atom is 0.240 e. The van der Waals surface area contributed by atoms with Gasteiger partial charge in [-0.25, -0.2) is 13.1 Å². The Balaban J connectivity index is 2.10. The van der Waals surface area contributed by atoms with Gasteiger partial charge in [-0.2, -0.15) is 0 Å². The second-order valence-electron chi connectivity index (χ2n) is 4.93. The summed E-state index contributed by atoms with van der Waals surface area (Å²) in [7, 11) is -3.59. The molecule has 6 heteroatoms. The zero-order valence-corrected chi connectivity index (χ0v) is 13.5. The van der Waals surface area contributed by atoms with Gasteiger partial charge in [-0.1, -0.05) is 41.9 Å². The van der Waals surface area contributed by atoms with E-state index in [1.807, 2.05) is 30.3 Å². The molecule has 2 rings (SSSR count). The minimum atomic E-state index is -3.59. The molecule has 1 atom stereocenters. The molecule has 0 unspecified atom stereocenters. The second-order valence-corrected chi connectivity index (χ2v) is 7.13. The fraction of sp³-hybridized carbons (Fsp3) is 0.250. The van der Waals surface area contributed by atoms with Crippen LogP contribution in [0.3, 0.4) is 0 Å². The molecule has 0 spiro atoms. The highest BCUT2D eigenvalue weighted by Gasteiger charge is 2.17. The van der Waals surface area contributed by atoms with Crippen LogP contribution in [0.2, 0.25) is 5.02 Å². The van der Waals surface area contributed by atoms with Gasteiger partial charge in [-0.15, -0.1) is 0 Å². The van der Waals surface area contributed by atoms with Crippen molar-refractivity contribution in [1.82, 2.24) is 4.72 Å². The Kier molecular flexibility index (Phi) is 5.97. The molecule has 0 amide bonds. The van der Waals surface area contributed by atoms with Crippen LogP contribution in [0.1, 0.15) is 17.9 Å². The van der Waals surface area contributed by atoms with E-state index < -0.39 is 10.0 Å². The van der Waals surface area contributed by atoms with E-state index in [2.05, 4.69) is 4.72 Å². The first-order chi connectivity index (χ1) is 10.5. The summed E-state index contributed by atoms with van der Waals surface area (Å²) >= 11 is 5.77. The first kappa shape index (κ1) is 17.0. The van der Waals surface area contributed by atoms with Crippen molar-refractivity contribution in [2.75, 3.05) is 13.2 Å². The maximum absolute atomic E-state index is 12.3. The molecule has 22 heavy (non-hydrogen) atoms. The number of hydrogen-bond acceptors (Lipinski definition) is 3. The largest absolute Gasteiger partial charge is 0.396 e. The van der Waals surface area contributed by atoms with Crippen LogP contribution in [0.25, 0.3) is 0 Å². The Morgan fingerprint density at radius 3 is 2.27 bits per heavy atom. The molecule has 2 aromatic rings. The van der Waals surface area contributed by atoms with Gasteiger partial charge in [-0.3, -0.25) is 0 Å².